The topological polar surface area (TPSA) is 68.1 Å². The van der Waals surface area contributed by atoms with E-state index >= 15 is 0 Å². The van der Waals surface area contributed by atoms with Gasteiger partial charge in [-0.1, -0.05) is 19.4 Å². The summed E-state index contributed by atoms with van der Waals surface area (Å²) < 4.78 is 28.5. The van der Waals surface area contributed by atoms with E-state index < -0.39 is 10.0 Å². The fourth-order valence-corrected chi connectivity index (χ4v) is 5.01. The van der Waals surface area contributed by atoms with Gasteiger partial charge in [0.1, 0.15) is 5.82 Å². The maximum Gasteiger partial charge on any atom is 0.214 e. The van der Waals surface area contributed by atoms with E-state index in [2.05, 4.69) is 14.5 Å². The van der Waals surface area contributed by atoms with Crippen LogP contribution in [0.2, 0.25) is 0 Å². The van der Waals surface area contributed by atoms with E-state index in [9.17, 15) is 8.42 Å². The first kappa shape index (κ1) is 18.1. The molecule has 0 aromatic carbocycles. The summed E-state index contributed by atoms with van der Waals surface area (Å²) in [5.74, 6) is 1.61. The van der Waals surface area contributed by atoms with Crippen LogP contribution < -0.4 is 0 Å². The minimum atomic E-state index is -3.10. The van der Waals surface area contributed by atoms with Crippen LogP contribution in [0.5, 0.6) is 0 Å². The smallest absolute Gasteiger partial charge is 0.214 e. The summed E-state index contributed by atoms with van der Waals surface area (Å²) in [6, 6.07) is 5.90. The Balaban J connectivity index is 1.63. The van der Waals surface area contributed by atoms with Crippen molar-refractivity contribution >= 4 is 10.0 Å². The quantitative estimate of drug-likeness (QED) is 0.759. The van der Waals surface area contributed by atoms with Crippen molar-refractivity contribution in [2.24, 2.45) is 0 Å². The van der Waals surface area contributed by atoms with Crippen LogP contribution in [0, 0.1) is 0 Å². The summed E-state index contributed by atoms with van der Waals surface area (Å²) in [5, 5.41) is 0. The van der Waals surface area contributed by atoms with E-state index in [0.29, 0.717) is 25.6 Å². The Bertz CT molecular complexity index is 765. The highest BCUT2D eigenvalue weighted by molar-refractivity contribution is 7.89. The van der Waals surface area contributed by atoms with Gasteiger partial charge in [-0.05, 0) is 31.4 Å². The van der Waals surface area contributed by atoms with Crippen molar-refractivity contribution in [1.29, 1.82) is 0 Å². The van der Waals surface area contributed by atoms with Gasteiger partial charge in [0.05, 0.1) is 18.0 Å². The van der Waals surface area contributed by atoms with E-state index in [1.807, 2.05) is 37.5 Å². The lowest BCUT2D eigenvalue weighted by atomic mass is 9.97. The van der Waals surface area contributed by atoms with Gasteiger partial charge in [-0.3, -0.25) is 4.98 Å². The zero-order valence-electron chi connectivity index (χ0n) is 14.7. The highest BCUT2D eigenvalue weighted by atomic mass is 32.2. The van der Waals surface area contributed by atoms with Gasteiger partial charge in [-0.15, -0.1) is 0 Å². The van der Waals surface area contributed by atoms with Crippen molar-refractivity contribution in [2.75, 3.05) is 18.8 Å². The average molecular weight is 362 g/mol. The Morgan fingerprint density at radius 3 is 2.64 bits per heavy atom. The van der Waals surface area contributed by atoms with Crippen molar-refractivity contribution in [2.45, 2.75) is 45.1 Å². The number of hydrogen-bond acceptors (Lipinski definition) is 4. The van der Waals surface area contributed by atoms with Gasteiger partial charge in [0.25, 0.3) is 0 Å². The molecule has 2 aromatic heterocycles. The minimum Gasteiger partial charge on any atom is -0.329 e. The zero-order chi connectivity index (χ0) is 17.7. The molecule has 1 aliphatic heterocycles. The Labute approximate surface area is 150 Å². The van der Waals surface area contributed by atoms with E-state index in [4.69, 9.17) is 0 Å². The lowest BCUT2D eigenvalue weighted by molar-refractivity contribution is 0.310. The number of pyridine rings is 1. The number of unbranched alkanes of at least 4 members (excludes halogenated alkanes) is 1. The van der Waals surface area contributed by atoms with Gasteiger partial charge in [-0.25, -0.2) is 17.7 Å². The molecule has 3 heterocycles. The van der Waals surface area contributed by atoms with Crippen molar-refractivity contribution in [1.82, 2.24) is 18.8 Å². The molecule has 0 N–H and O–H groups in total. The van der Waals surface area contributed by atoms with Gasteiger partial charge in [0, 0.05) is 37.6 Å². The van der Waals surface area contributed by atoms with E-state index in [1.165, 1.54) is 0 Å². The lowest BCUT2D eigenvalue weighted by Gasteiger charge is -2.31. The van der Waals surface area contributed by atoms with Gasteiger partial charge in [0.15, 0.2) is 0 Å². The molecule has 0 amide bonds. The number of hydrogen-bond donors (Lipinski definition) is 0. The summed E-state index contributed by atoms with van der Waals surface area (Å²) in [6.07, 6.45) is 8.88. The SMILES string of the molecule is CCCCS(=O)(=O)N1CCC(c2nccn2Cc2ccccn2)CC1. The molecule has 1 saturated heterocycles. The number of piperidine rings is 1. The van der Waals surface area contributed by atoms with Crippen LogP contribution in [0.1, 0.15) is 50.0 Å². The first-order chi connectivity index (χ1) is 12.1. The summed E-state index contributed by atoms with van der Waals surface area (Å²) >= 11 is 0. The molecule has 0 spiro atoms. The Hall–Kier alpha value is -1.73. The second kappa shape index (κ2) is 8.10. The molecule has 0 atom stereocenters. The zero-order valence-corrected chi connectivity index (χ0v) is 15.5. The van der Waals surface area contributed by atoms with Crippen LogP contribution in [-0.4, -0.2) is 46.1 Å². The Kier molecular flexibility index (Phi) is 5.86. The molecule has 6 nitrogen and oxygen atoms in total. The van der Waals surface area contributed by atoms with Crippen LogP contribution in [0.25, 0.3) is 0 Å². The number of aromatic nitrogens is 3. The van der Waals surface area contributed by atoms with Crippen molar-refractivity contribution in [3.63, 3.8) is 0 Å². The molecule has 0 bridgehead atoms. The second-order valence-electron chi connectivity index (χ2n) is 6.58. The fraction of sp³-hybridized carbons (Fsp3) is 0.556. The molecule has 25 heavy (non-hydrogen) atoms. The molecule has 0 aliphatic carbocycles. The fourth-order valence-electron chi connectivity index (χ4n) is 3.33. The molecule has 136 valence electrons. The first-order valence-electron chi connectivity index (χ1n) is 8.99. The lowest BCUT2D eigenvalue weighted by Crippen LogP contribution is -2.39. The van der Waals surface area contributed by atoms with E-state index in [1.54, 1.807) is 10.5 Å². The van der Waals surface area contributed by atoms with Crippen molar-refractivity contribution < 1.29 is 8.42 Å². The third-order valence-electron chi connectivity index (χ3n) is 4.77. The Morgan fingerprint density at radius 2 is 1.96 bits per heavy atom. The number of nitrogens with zero attached hydrogens (tertiary/aromatic N) is 4. The molecular formula is C18H26N4O2S. The normalized spacial score (nSPS) is 17.0. The predicted molar refractivity (Wildman–Crippen MR) is 97.8 cm³/mol. The van der Waals surface area contributed by atoms with Crippen LogP contribution in [0.15, 0.2) is 36.8 Å². The molecule has 3 rings (SSSR count). The third-order valence-corrected chi connectivity index (χ3v) is 6.73. The van der Waals surface area contributed by atoms with Gasteiger partial charge in [0.2, 0.25) is 10.0 Å². The van der Waals surface area contributed by atoms with Crippen molar-refractivity contribution in [3.05, 3.63) is 48.3 Å². The highest BCUT2D eigenvalue weighted by Crippen LogP contribution is 2.28. The largest absolute Gasteiger partial charge is 0.329 e. The number of sulfonamides is 1. The maximum atomic E-state index is 12.3. The molecule has 1 fully saturated rings. The molecule has 0 saturated carbocycles. The van der Waals surface area contributed by atoms with Crippen LogP contribution in [0.4, 0.5) is 0 Å². The maximum absolute atomic E-state index is 12.3. The molecular weight excluding hydrogens is 336 g/mol. The number of imidazole rings is 1. The first-order valence-corrected chi connectivity index (χ1v) is 10.6. The molecule has 2 aromatic rings. The highest BCUT2D eigenvalue weighted by Gasteiger charge is 2.29. The van der Waals surface area contributed by atoms with Gasteiger partial charge < -0.3 is 4.57 Å². The van der Waals surface area contributed by atoms with E-state index in [0.717, 1.165) is 37.2 Å². The average Bonchev–Trinajstić information content (AvgIpc) is 3.09. The standard InChI is InChI=1S/C18H26N4O2S/c1-2-3-14-25(23,24)22-11-7-16(8-12-22)18-20-10-13-21(18)15-17-6-4-5-9-19-17/h4-6,9-10,13,16H,2-3,7-8,11-12,14-15H2,1H3. The molecule has 0 unspecified atom stereocenters. The molecule has 0 radical (unpaired) electrons. The van der Waals surface area contributed by atoms with Crippen molar-refractivity contribution in [3.8, 4) is 0 Å². The minimum absolute atomic E-state index is 0.266. The monoisotopic (exact) mass is 362 g/mol. The molecule has 1 aliphatic rings. The second-order valence-corrected chi connectivity index (χ2v) is 8.67. The summed E-state index contributed by atoms with van der Waals surface area (Å²) in [5.41, 5.74) is 1.00. The van der Waals surface area contributed by atoms with Gasteiger partial charge in [-0.2, -0.15) is 0 Å². The van der Waals surface area contributed by atoms with Crippen LogP contribution >= 0.6 is 0 Å². The third kappa shape index (κ3) is 4.46. The van der Waals surface area contributed by atoms with Gasteiger partial charge >= 0.3 is 0 Å². The molecule has 7 heteroatoms. The summed E-state index contributed by atoms with van der Waals surface area (Å²) in [4.78, 5) is 8.92. The number of rotatable bonds is 7. The summed E-state index contributed by atoms with van der Waals surface area (Å²) in [7, 11) is -3.10. The van der Waals surface area contributed by atoms with E-state index in [-0.39, 0.29) is 5.75 Å². The summed E-state index contributed by atoms with van der Waals surface area (Å²) in [6.45, 7) is 3.90. The Morgan fingerprint density at radius 1 is 1.16 bits per heavy atom. The van der Waals surface area contributed by atoms with Crippen LogP contribution in [-0.2, 0) is 16.6 Å². The predicted octanol–water partition coefficient (Wildman–Crippen LogP) is 2.64. The van der Waals surface area contributed by atoms with Crippen LogP contribution in [0.3, 0.4) is 0 Å².